The van der Waals surface area contributed by atoms with E-state index in [0.717, 1.165) is 10.0 Å². The molecule has 0 spiro atoms. The van der Waals surface area contributed by atoms with Gasteiger partial charge in [-0.1, -0.05) is 41.9 Å². The first-order valence-corrected chi connectivity index (χ1v) is 11.7. The lowest BCUT2D eigenvalue weighted by Crippen LogP contribution is -2.34. The lowest BCUT2D eigenvalue weighted by molar-refractivity contribution is 0.0940. The first-order valence-electron chi connectivity index (χ1n) is 9.46. The second-order valence-electron chi connectivity index (χ2n) is 6.66. The Hall–Kier alpha value is -1.90. The molecule has 0 aliphatic heterocycles. The van der Waals surface area contributed by atoms with Crippen LogP contribution >= 0.6 is 15.9 Å². The molecular formula is C21H27BrN2O4S. The molecule has 1 atom stereocenters. The van der Waals surface area contributed by atoms with E-state index in [9.17, 15) is 13.2 Å². The molecule has 0 aliphatic carbocycles. The van der Waals surface area contributed by atoms with Gasteiger partial charge in [-0.3, -0.25) is 4.79 Å². The fraction of sp³-hybridized carbons (Fsp3) is 0.381. The van der Waals surface area contributed by atoms with E-state index in [-0.39, 0.29) is 28.2 Å². The van der Waals surface area contributed by atoms with Crippen molar-refractivity contribution in [3.05, 3.63) is 58.1 Å². The standard InChI is InChI=1S/C21H27BrN2O4S/c1-5-24(6-2)29(26,27)20-14-17(9-12-19(20)28-4)21(25)23-15(3)13-16-7-10-18(22)11-8-16/h7-12,14-15H,5-6,13H2,1-4H3,(H,23,25). The van der Waals surface area contributed by atoms with E-state index in [1.54, 1.807) is 19.9 Å². The number of nitrogens with zero attached hydrogens (tertiary/aromatic N) is 1. The summed E-state index contributed by atoms with van der Waals surface area (Å²) in [6, 6.07) is 12.3. The summed E-state index contributed by atoms with van der Waals surface area (Å²) in [5, 5.41) is 2.93. The molecule has 0 radical (unpaired) electrons. The fourth-order valence-corrected chi connectivity index (χ4v) is 4.96. The van der Waals surface area contributed by atoms with E-state index in [1.165, 1.54) is 23.5 Å². The second kappa shape index (κ2) is 10.2. The Morgan fingerprint density at radius 1 is 1.14 bits per heavy atom. The van der Waals surface area contributed by atoms with Crippen LogP contribution in [-0.4, -0.2) is 44.9 Å². The number of benzene rings is 2. The molecular weight excluding hydrogens is 456 g/mol. The average Bonchev–Trinajstić information content (AvgIpc) is 2.69. The first-order chi connectivity index (χ1) is 13.7. The maximum atomic E-state index is 13.0. The zero-order valence-corrected chi connectivity index (χ0v) is 19.5. The zero-order valence-electron chi connectivity index (χ0n) is 17.1. The number of sulfonamides is 1. The van der Waals surface area contributed by atoms with Crippen molar-refractivity contribution < 1.29 is 17.9 Å². The quantitative estimate of drug-likeness (QED) is 0.588. The fourth-order valence-electron chi connectivity index (χ4n) is 3.05. The van der Waals surface area contributed by atoms with Crippen molar-refractivity contribution in [1.29, 1.82) is 0 Å². The van der Waals surface area contributed by atoms with Gasteiger partial charge in [-0.25, -0.2) is 8.42 Å². The number of hydrogen-bond acceptors (Lipinski definition) is 4. The lowest BCUT2D eigenvalue weighted by atomic mass is 10.1. The number of carbonyl (C=O) groups is 1. The van der Waals surface area contributed by atoms with E-state index >= 15 is 0 Å². The van der Waals surface area contributed by atoms with Gasteiger partial charge >= 0.3 is 0 Å². The van der Waals surface area contributed by atoms with Crippen molar-refractivity contribution in [2.24, 2.45) is 0 Å². The predicted octanol–water partition coefficient (Wildman–Crippen LogP) is 3.85. The van der Waals surface area contributed by atoms with E-state index < -0.39 is 10.0 Å². The predicted molar refractivity (Wildman–Crippen MR) is 118 cm³/mol. The number of rotatable bonds is 9. The molecule has 0 aromatic heterocycles. The zero-order chi connectivity index (χ0) is 21.6. The van der Waals surface area contributed by atoms with Crippen LogP contribution in [0, 0.1) is 0 Å². The van der Waals surface area contributed by atoms with Gasteiger partial charge in [-0.15, -0.1) is 0 Å². The Morgan fingerprint density at radius 3 is 2.31 bits per heavy atom. The van der Waals surface area contributed by atoms with Gasteiger partial charge < -0.3 is 10.1 Å². The van der Waals surface area contributed by atoms with Crippen LogP contribution in [0.25, 0.3) is 0 Å². The Bertz CT molecular complexity index is 942. The van der Waals surface area contributed by atoms with Crippen LogP contribution in [-0.2, 0) is 16.4 Å². The van der Waals surface area contributed by atoms with Crippen LogP contribution in [0.4, 0.5) is 0 Å². The van der Waals surface area contributed by atoms with Gasteiger partial charge in [-0.05, 0) is 49.2 Å². The summed E-state index contributed by atoms with van der Waals surface area (Å²) in [5.41, 5.74) is 1.37. The lowest BCUT2D eigenvalue weighted by Gasteiger charge is -2.21. The van der Waals surface area contributed by atoms with Crippen LogP contribution < -0.4 is 10.1 Å². The molecule has 2 aromatic rings. The third kappa shape index (κ3) is 5.81. The topological polar surface area (TPSA) is 75.7 Å². The number of ether oxygens (including phenoxy) is 1. The van der Waals surface area contributed by atoms with Crippen LogP contribution in [0.1, 0.15) is 36.7 Å². The van der Waals surface area contributed by atoms with Gasteiger partial charge in [-0.2, -0.15) is 4.31 Å². The number of halogens is 1. The number of amides is 1. The molecule has 29 heavy (non-hydrogen) atoms. The van der Waals surface area contributed by atoms with Crippen molar-refractivity contribution >= 4 is 31.9 Å². The van der Waals surface area contributed by atoms with E-state index in [4.69, 9.17) is 4.74 Å². The number of nitrogens with one attached hydrogen (secondary N) is 1. The number of carbonyl (C=O) groups excluding carboxylic acids is 1. The van der Waals surface area contributed by atoms with Gasteiger partial charge in [0, 0.05) is 29.2 Å². The highest BCUT2D eigenvalue weighted by molar-refractivity contribution is 9.10. The monoisotopic (exact) mass is 482 g/mol. The number of methoxy groups -OCH3 is 1. The van der Waals surface area contributed by atoms with Crippen molar-refractivity contribution in [3.8, 4) is 5.75 Å². The van der Waals surface area contributed by atoms with Crippen molar-refractivity contribution in [1.82, 2.24) is 9.62 Å². The third-order valence-electron chi connectivity index (χ3n) is 4.58. The molecule has 0 saturated heterocycles. The largest absolute Gasteiger partial charge is 0.495 e. The minimum atomic E-state index is -3.76. The van der Waals surface area contributed by atoms with E-state index in [2.05, 4.69) is 21.2 Å². The molecule has 0 fully saturated rings. The third-order valence-corrected chi connectivity index (χ3v) is 7.18. The van der Waals surface area contributed by atoms with Crippen LogP contribution in [0.2, 0.25) is 0 Å². The van der Waals surface area contributed by atoms with Crippen LogP contribution in [0.3, 0.4) is 0 Å². The molecule has 0 saturated carbocycles. The van der Waals surface area contributed by atoms with Crippen molar-refractivity contribution in [3.63, 3.8) is 0 Å². The molecule has 2 rings (SSSR count). The van der Waals surface area contributed by atoms with Crippen molar-refractivity contribution in [2.45, 2.75) is 38.1 Å². The molecule has 0 bridgehead atoms. The summed E-state index contributed by atoms with van der Waals surface area (Å²) >= 11 is 3.40. The van der Waals surface area contributed by atoms with Crippen molar-refractivity contribution in [2.75, 3.05) is 20.2 Å². The minimum absolute atomic E-state index is 0.00286. The summed E-state index contributed by atoms with van der Waals surface area (Å²) in [5.74, 6) is -0.107. The molecule has 0 heterocycles. The van der Waals surface area contributed by atoms with Gasteiger partial charge in [0.25, 0.3) is 5.91 Å². The Kier molecular flexibility index (Phi) is 8.24. The molecule has 8 heteroatoms. The summed E-state index contributed by atoms with van der Waals surface area (Å²) in [6.07, 6.45) is 0.666. The Labute approximate surface area is 181 Å². The maximum Gasteiger partial charge on any atom is 0.251 e. The first kappa shape index (κ1) is 23.4. The summed E-state index contributed by atoms with van der Waals surface area (Å²) in [4.78, 5) is 12.7. The minimum Gasteiger partial charge on any atom is -0.495 e. The summed E-state index contributed by atoms with van der Waals surface area (Å²) < 4.78 is 33.5. The molecule has 1 amide bonds. The second-order valence-corrected chi connectivity index (χ2v) is 9.48. The highest BCUT2D eigenvalue weighted by Gasteiger charge is 2.27. The highest BCUT2D eigenvalue weighted by atomic mass is 79.9. The average molecular weight is 483 g/mol. The highest BCUT2D eigenvalue weighted by Crippen LogP contribution is 2.28. The van der Waals surface area contributed by atoms with Gasteiger partial charge in [0.1, 0.15) is 10.6 Å². The Morgan fingerprint density at radius 2 is 1.76 bits per heavy atom. The van der Waals surface area contributed by atoms with Gasteiger partial charge in [0.2, 0.25) is 10.0 Å². The molecule has 6 nitrogen and oxygen atoms in total. The maximum absolute atomic E-state index is 13.0. The molecule has 158 valence electrons. The molecule has 1 N–H and O–H groups in total. The summed E-state index contributed by atoms with van der Waals surface area (Å²) in [6.45, 7) is 6.13. The summed E-state index contributed by atoms with van der Waals surface area (Å²) in [7, 11) is -2.34. The van der Waals surface area contributed by atoms with Crippen LogP contribution in [0.15, 0.2) is 51.8 Å². The molecule has 2 aromatic carbocycles. The Balaban J connectivity index is 2.23. The van der Waals surface area contributed by atoms with Gasteiger partial charge in [0.15, 0.2) is 0 Å². The van der Waals surface area contributed by atoms with E-state index in [1.807, 2.05) is 31.2 Å². The van der Waals surface area contributed by atoms with E-state index in [0.29, 0.717) is 19.5 Å². The molecule has 0 aliphatic rings. The van der Waals surface area contributed by atoms with Gasteiger partial charge in [0.05, 0.1) is 7.11 Å². The normalized spacial score (nSPS) is 12.6. The SMILES string of the molecule is CCN(CC)S(=O)(=O)c1cc(C(=O)NC(C)Cc2ccc(Br)cc2)ccc1OC. The number of hydrogen-bond donors (Lipinski definition) is 1. The smallest absolute Gasteiger partial charge is 0.251 e. The van der Waals surface area contributed by atoms with Crippen LogP contribution in [0.5, 0.6) is 5.75 Å². The molecule has 1 unspecified atom stereocenters.